The van der Waals surface area contributed by atoms with Gasteiger partial charge < -0.3 is 14.0 Å². The van der Waals surface area contributed by atoms with Crippen molar-refractivity contribution in [2.45, 2.75) is 30.5 Å². The standard InChI is InChI=1S/C20H20ClN3O5S3/c1-2-24-13-9-14-15(29-11-28-14)10-16(13)30-20(24)22-19(25)12-5-7-23(8-6-12)32(26,27)18-4-3-17(21)31-18/h3-4,9-10,12H,2,5-8,11H2,1H3. The molecule has 0 atom stereocenters. The number of aromatic nitrogens is 1. The molecule has 0 aliphatic carbocycles. The fraction of sp³-hybridized carbons (Fsp3) is 0.400. The molecule has 0 N–H and O–H groups in total. The van der Waals surface area contributed by atoms with Gasteiger partial charge in [-0.25, -0.2) is 8.42 Å². The normalized spacial score (nSPS) is 18.0. The molecule has 32 heavy (non-hydrogen) atoms. The number of rotatable bonds is 4. The number of piperidine rings is 1. The number of thiophene rings is 1. The third-order valence-electron chi connectivity index (χ3n) is 5.65. The number of thiazole rings is 1. The Bertz CT molecular complexity index is 1370. The molecule has 0 bridgehead atoms. The number of halogens is 1. The van der Waals surface area contributed by atoms with Crippen LogP contribution in [-0.2, 0) is 21.4 Å². The Hall–Kier alpha value is -1.92. The fourth-order valence-electron chi connectivity index (χ4n) is 3.94. The van der Waals surface area contributed by atoms with Gasteiger partial charge in [-0.1, -0.05) is 22.9 Å². The summed E-state index contributed by atoms with van der Waals surface area (Å²) < 4.78 is 41.5. The second kappa shape index (κ2) is 8.45. The Morgan fingerprint density at radius 1 is 1.19 bits per heavy atom. The van der Waals surface area contributed by atoms with E-state index in [0.29, 0.717) is 40.0 Å². The summed E-state index contributed by atoms with van der Waals surface area (Å²) in [6.07, 6.45) is 0.876. The summed E-state index contributed by atoms with van der Waals surface area (Å²) in [5.74, 6) is 0.868. The average molecular weight is 514 g/mol. The highest BCUT2D eigenvalue weighted by atomic mass is 35.5. The number of sulfonamides is 1. The highest BCUT2D eigenvalue weighted by molar-refractivity contribution is 7.91. The van der Waals surface area contributed by atoms with Crippen molar-refractivity contribution in [1.82, 2.24) is 8.87 Å². The molecule has 1 amide bonds. The van der Waals surface area contributed by atoms with Crippen LogP contribution in [-0.4, -0.2) is 43.1 Å². The summed E-state index contributed by atoms with van der Waals surface area (Å²) in [6.45, 7) is 3.44. The van der Waals surface area contributed by atoms with Gasteiger partial charge in [0, 0.05) is 37.7 Å². The molecule has 1 fully saturated rings. The maximum absolute atomic E-state index is 12.9. The summed E-state index contributed by atoms with van der Waals surface area (Å²) in [5, 5.41) is 0. The summed E-state index contributed by atoms with van der Waals surface area (Å²) >= 11 is 8.37. The van der Waals surface area contributed by atoms with E-state index < -0.39 is 10.0 Å². The lowest BCUT2D eigenvalue weighted by molar-refractivity contribution is -0.122. The summed E-state index contributed by atoms with van der Waals surface area (Å²) in [6, 6.07) is 6.93. The van der Waals surface area contributed by atoms with Crippen LogP contribution in [0.2, 0.25) is 4.34 Å². The number of fused-ring (bicyclic) bond motifs is 2. The number of amides is 1. The van der Waals surface area contributed by atoms with E-state index in [4.69, 9.17) is 21.1 Å². The van der Waals surface area contributed by atoms with Gasteiger partial charge in [-0.05, 0) is 31.9 Å². The van der Waals surface area contributed by atoms with Gasteiger partial charge in [0.25, 0.3) is 15.9 Å². The minimum absolute atomic E-state index is 0.211. The van der Waals surface area contributed by atoms with E-state index in [-0.39, 0.29) is 35.9 Å². The molecule has 1 saturated heterocycles. The number of nitrogens with zero attached hydrogens (tertiary/aromatic N) is 3. The first-order valence-corrected chi connectivity index (χ1v) is 13.6. The number of hydrogen-bond acceptors (Lipinski definition) is 7. The molecule has 5 rings (SSSR count). The van der Waals surface area contributed by atoms with Crippen molar-refractivity contribution in [3.05, 3.63) is 33.4 Å². The fourth-order valence-corrected chi connectivity index (χ4v) is 8.16. The van der Waals surface area contributed by atoms with Crippen LogP contribution in [0.15, 0.2) is 33.5 Å². The van der Waals surface area contributed by atoms with Gasteiger partial charge in [0.1, 0.15) is 4.21 Å². The minimum atomic E-state index is -3.58. The highest BCUT2D eigenvalue weighted by Gasteiger charge is 2.33. The molecule has 2 aliphatic rings. The Morgan fingerprint density at radius 2 is 1.91 bits per heavy atom. The number of hydrogen-bond donors (Lipinski definition) is 0. The average Bonchev–Trinajstić information content (AvgIpc) is 3.50. The van der Waals surface area contributed by atoms with Crippen molar-refractivity contribution >= 4 is 60.4 Å². The molecule has 0 radical (unpaired) electrons. The molecule has 12 heteroatoms. The van der Waals surface area contributed by atoms with Crippen molar-refractivity contribution in [3.8, 4) is 11.5 Å². The lowest BCUT2D eigenvalue weighted by atomic mass is 9.98. The lowest BCUT2D eigenvalue weighted by Crippen LogP contribution is -2.40. The molecular formula is C20H20ClN3O5S3. The van der Waals surface area contributed by atoms with Gasteiger partial charge in [-0.3, -0.25) is 4.79 Å². The molecule has 4 heterocycles. The topological polar surface area (TPSA) is 90.2 Å². The van der Waals surface area contributed by atoms with Crippen LogP contribution in [0.3, 0.4) is 0 Å². The third kappa shape index (κ3) is 3.86. The van der Waals surface area contributed by atoms with Gasteiger partial charge in [0.05, 0.1) is 14.6 Å². The van der Waals surface area contributed by atoms with Crippen molar-refractivity contribution in [1.29, 1.82) is 0 Å². The Morgan fingerprint density at radius 3 is 2.56 bits per heavy atom. The first-order valence-electron chi connectivity index (χ1n) is 10.1. The molecule has 0 unspecified atom stereocenters. The molecule has 8 nitrogen and oxygen atoms in total. The van der Waals surface area contributed by atoms with Gasteiger partial charge in [0.15, 0.2) is 16.3 Å². The lowest BCUT2D eigenvalue weighted by Gasteiger charge is -2.29. The smallest absolute Gasteiger partial charge is 0.252 e. The molecule has 1 aromatic carbocycles. The third-order valence-corrected chi connectivity index (χ3v) is 10.3. The first kappa shape index (κ1) is 21.9. The summed E-state index contributed by atoms with van der Waals surface area (Å²) in [5.41, 5.74) is 0.948. The number of carbonyl (C=O) groups excluding carboxylic acids is 1. The number of ether oxygens (including phenoxy) is 2. The maximum atomic E-state index is 12.9. The van der Waals surface area contributed by atoms with Crippen molar-refractivity contribution in [2.24, 2.45) is 10.9 Å². The van der Waals surface area contributed by atoms with Gasteiger partial charge in [-0.2, -0.15) is 9.30 Å². The van der Waals surface area contributed by atoms with Crippen LogP contribution >= 0.6 is 34.3 Å². The van der Waals surface area contributed by atoms with Crippen LogP contribution in [0.5, 0.6) is 11.5 Å². The first-order chi connectivity index (χ1) is 15.4. The monoisotopic (exact) mass is 513 g/mol. The summed E-state index contributed by atoms with van der Waals surface area (Å²) in [7, 11) is -3.58. The van der Waals surface area contributed by atoms with Crippen LogP contribution in [0.25, 0.3) is 10.2 Å². The van der Waals surface area contributed by atoms with E-state index in [9.17, 15) is 13.2 Å². The van der Waals surface area contributed by atoms with E-state index >= 15 is 0 Å². The maximum Gasteiger partial charge on any atom is 0.252 e. The zero-order valence-corrected chi connectivity index (χ0v) is 20.3. The van der Waals surface area contributed by atoms with Gasteiger partial charge >= 0.3 is 0 Å². The van der Waals surface area contributed by atoms with Crippen LogP contribution in [0, 0.1) is 5.92 Å². The van der Waals surface area contributed by atoms with Gasteiger partial charge in [-0.15, -0.1) is 11.3 Å². The molecule has 0 spiro atoms. The molecule has 2 aromatic heterocycles. The molecule has 0 saturated carbocycles. The van der Waals surface area contributed by atoms with E-state index in [1.54, 1.807) is 6.07 Å². The summed E-state index contributed by atoms with van der Waals surface area (Å²) in [4.78, 5) is 18.0. The van der Waals surface area contributed by atoms with Gasteiger partial charge in [0.2, 0.25) is 6.79 Å². The quantitative estimate of drug-likeness (QED) is 0.530. The van der Waals surface area contributed by atoms with Crippen molar-refractivity contribution < 1.29 is 22.7 Å². The SMILES string of the molecule is CCn1c(=NC(=O)C2CCN(S(=O)(=O)c3ccc(Cl)s3)CC2)sc2cc3c(cc21)OCO3. The van der Waals surface area contributed by atoms with E-state index in [1.165, 1.54) is 21.7 Å². The highest BCUT2D eigenvalue weighted by Crippen LogP contribution is 2.37. The predicted octanol–water partition coefficient (Wildman–Crippen LogP) is 3.69. The molecule has 170 valence electrons. The van der Waals surface area contributed by atoms with E-state index in [2.05, 4.69) is 4.99 Å². The Kier molecular flexibility index (Phi) is 5.79. The predicted molar refractivity (Wildman–Crippen MR) is 123 cm³/mol. The van der Waals surface area contributed by atoms with E-state index in [0.717, 1.165) is 21.6 Å². The van der Waals surface area contributed by atoms with Crippen LogP contribution < -0.4 is 14.3 Å². The zero-order valence-electron chi connectivity index (χ0n) is 17.1. The molecule has 2 aliphatic heterocycles. The Balaban J connectivity index is 1.35. The van der Waals surface area contributed by atoms with Crippen LogP contribution in [0.4, 0.5) is 0 Å². The minimum Gasteiger partial charge on any atom is -0.454 e. The molecular weight excluding hydrogens is 494 g/mol. The number of carbonyl (C=O) groups is 1. The zero-order chi connectivity index (χ0) is 22.5. The van der Waals surface area contributed by atoms with Crippen LogP contribution in [0.1, 0.15) is 19.8 Å². The molecule has 3 aromatic rings. The van der Waals surface area contributed by atoms with Crippen molar-refractivity contribution in [3.63, 3.8) is 0 Å². The van der Waals surface area contributed by atoms with E-state index in [1.807, 2.05) is 23.6 Å². The Labute approximate surface area is 197 Å². The largest absolute Gasteiger partial charge is 0.454 e. The second-order valence-electron chi connectivity index (χ2n) is 7.49. The van der Waals surface area contributed by atoms with Crippen molar-refractivity contribution in [2.75, 3.05) is 19.9 Å². The number of benzene rings is 1. The second-order valence-corrected chi connectivity index (χ2v) is 12.4. The number of aryl methyl sites for hydroxylation is 1.